The Hall–Kier alpha value is -0.300. The third-order valence-electron chi connectivity index (χ3n) is 8.17. The van der Waals surface area contributed by atoms with Gasteiger partial charge in [-0.3, -0.25) is 0 Å². The van der Waals surface area contributed by atoms with Gasteiger partial charge in [-0.1, -0.05) is 40.2 Å². The SMILES string of the molecule is C=CC1(C)CCC2C(OC)(CCC3C(C)(C)CCCC32C)C1. The van der Waals surface area contributed by atoms with Crippen molar-refractivity contribution in [2.75, 3.05) is 7.11 Å². The van der Waals surface area contributed by atoms with Gasteiger partial charge in [-0.05, 0) is 73.0 Å². The first-order chi connectivity index (χ1) is 10.2. The molecule has 0 aromatic rings. The van der Waals surface area contributed by atoms with Gasteiger partial charge in [0.25, 0.3) is 0 Å². The van der Waals surface area contributed by atoms with Crippen LogP contribution in [0.4, 0.5) is 0 Å². The fourth-order valence-corrected chi connectivity index (χ4v) is 7.01. The van der Waals surface area contributed by atoms with Gasteiger partial charge in [0, 0.05) is 7.11 Å². The summed E-state index contributed by atoms with van der Waals surface area (Å²) in [7, 11) is 1.97. The van der Waals surface area contributed by atoms with Crippen molar-refractivity contribution in [3.63, 3.8) is 0 Å². The maximum Gasteiger partial charge on any atom is 0.0720 e. The van der Waals surface area contributed by atoms with Gasteiger partial charge in [-0.15, -0.1) is 6.58 Å². The molecule has 0 aromatic heterocycles. The Kier molecular flexibility index (Phi) is 3.84. The number of fused-ring (bicyclic) bond motifs is 3. The molecule has 0 aliphatic heterocycles. The van der Waals surface area contributed by atoms with E-state index < -0.39 is 0 Å². The number of ether oxygens (including phenoxy) is 1. The normalized spacial score (nSPS) is 50.8. The summed E-state index contributed by atoms with van der Waals surface area (Å²) >= 11 is 0. The molecular formula is C21H36O. The van der Waals surface area contributed by atoms with Crippen LogP contribution in [-0.2, 0) is 4.74 Å². The molecule has 3 rings (SSSR count). The van der Waals surface area contributed by atoms with Gasteiger partial charge in [0.1, 0.15) is 0 Å². The van der Waals surface area contributed by atoms with Crippen molar-refractivity contribution in [1.82, 2.24) is 0 Å². The molecule has 0 spiro atoms. The van der Waals surface area contributed by atoms with Gasteiger partial charge >= 0.3 is 0 Å². The zero-order valence-electron chi connectivity index (χ0n) is 15.5. The van der Waals surface area contributed by atoms with Gasteiger partial charge in [0.05, 0.1) is 5.60 Å². The molecule has 126 valence electrons. The van der Waals surface area contributed by atoms with Crippen LogP contribution >= 0.6 is 0 Å². The van der Waals surface area contributed by atoms with Crippen molar-refractivity contribution in [2.24, 2.45) is 28.1 Å². The van der Waals surface area contributed by atoms with E-state index in [2.05, 4.69) is 40.3 Å². The Morgan fingerprint density at radius 1 is 0.955 bits per heavy atom. The second-order valence-electron chi connectivity index (χ2n) is 9.83. The molecule has 22 heavy (non-hydrogen) atoms. The molecule has 5 unspecified atom stereocenters. The first kappa shape index (κ1) is 16.6. The van der Waals surface area contributed by atoms with Crippen LogP contribution in [0.2, 0.25) is 0 Å². The lowest BCUT2D eigenvalue weighted by atomic mass is 9.42. The van der Waals surface area contributed by atoms with E-state index in [-0.39, 0.29) is 11.0 Å². The van der Waals surface area contributed by atoms with E-state index in [0.29, 0.717) is 10.8 Å². The lowest BCUT2D eigenvalue weighted by Crippen LogP contribution is -2.62. The Morgan fingerprint density at radius 2 is 1.64 bits per heavy atom. The smallest absolute Gasteiger partial charge is 0.0720 e. The molecule has 1 heteroatoms. The molecular weight excluding hydrogens is 268 g/mol. The van der Waals surface area contributed by atoms with Gasteiger partial charge in [-0.25, -0.2) is 0 Å². The first-order valence-corrected chi connectivity index (χ1v) is 9.40. The molecule has 0 heterocycles. The van der Waals surface area contributed by atoms with Crippen molar-refractivity contribution < 1.29 is 4.74 Å². The molecule has 3 aliphatic rings. The van der Waals surface area contributed by atoms with E-state index >= 15 is 0 Å². The van der Waals surface area contributed by atoms with Gasteiger partial charge in [0.15, 0.2) is 0 Å². The minimum Gasteiger partial charge on any atom is -0.378 e. The monoisotopic (exact) mass is 304 g/mol. The highest BCUT2D eigenvalue weighted by atomic mass is 16.5. The Bertz CT molecular complexity index is 453. The van der Waals surface area contributed by atoms with Crippen LogP contribution < -0.4 is 0 Å². The lowest BCUT2D eigenvalue weighted by Gasteiger charge is -2.65. The van der Waals surface area contributed by atoms with Crippen molar-refractivity contribution in [2.45, 2.75) is 84.7 Å². The fourth-order valence-electron chi connectivity index (χ4n) is 7.01. The summed E-state index contributed by atoms with van der Waals surface area (Å²) in [5.41, 5.74) is 1.34. The summed E-state index contributed by atoms with van der Waals surface area (Å²) in [6.45, 7) is 14.2. The zero-order chi connectivity index (χ0) is 16.2. The molecule has 1 nitrogen and oxygen atoms in total. The molecule has 3 aliphatic carbocycles. The topological polar surface area (TPSA) is 9.23 Å². The number of rotatable bonds is 2. The highest BCUT2D eigenvalue weighted by Gasteiger charge is 2.62. The molecule has 0 aromatic carbocycles. The summed E-state index contributed by atoms with van der Waals surface area (Å²) in [6.07, 6.45) is 12.8. The first-order valence-electron chi connectivity index (χ1n) is 9.40. The van der Waals surface area contributed by atoms with Crippen molar-refractivity contribution in [3.8, 4) is 0 Å². The molecule has 3 fully saturated rings. The van der Waals surface area contributed by atoms with Crippen LogP contribution in [0.15, 0.2) is 12.7 Å². The average molecular weight is 305 g/mol. The van der Waals surface area contributed by atoms with Crippen LogP contribution in [0.3, 0.4) is 0 Å². The maximum atomic E-state index is 6.31. The van der Waals surface area contributed by atoms with E-state index in [1.54, 1.807) is 0 Å². The summed E-state index contributed by atoms with van der Waals surface area (Å²) < 4.78 is 6.31. The van der Waals surface area contributed by atoms with Crippen LogP contribution in [0.5, 0.6) is 0 Å². The zero-order valence-corrected chi connectivity index (χ0v) is 15.5. The van der Waals surface area contributed by atoms with Gasteiger partial charge < -0.3 is 4.74 Å². The highest BCUT2D eigenvalue weighted by Crippen LogP contribution is 2.67. The standard InChI is InChI=1S/C21H36O/c1-7-19(4)13-9-17-20(5)12-8-11-18(2,3)16(20)10-14-21(17,15-19)22-6/h7,16-17H,1,8-15H2,2-6H3. The largest absolute Gasteiger partial charge is 0.378 e. The summed E-state index contributed by atoms with van der Waals surface area (Å²) in [5.74, 6) is 1.60. The Morgan fingerprint density at radius 3 is 2.27 bits per heavy atom. The van der Waals surface area contributed by atoms with E-state index in [9.17, 15) is 0 Å². The van der Waals surface area contributed by atoms with Gasteiger partial charge in [0.2, 0.25) is 0 Å². The fraction of sp³-hybridized carbons (Fsp3) is 0.905. The molecule has 0 amide bonds. The quantitative estimate of drug-likeness (QED) is 0.569. The van der Waals surface area contributed by atoms with E-state index in [1.165, 1.54) is 51.4 Å². The second kappa shape index (κ2) is 5.10. The summed E-state index contributed by atoms with van der Waals surface area (Å²) in [4.78, 5) is 0. The van der Waals surface area contributed by atoms with E-state index in [1.807, 2.05) is 7.11 Å². The highest BCUT2D eigenvalue weighted by molar-refractivity contribution is 5.14. The summed E-state index contributed by atoms with van der Waals surface area (Å²) in [5, 5.41) is 0. The number of hydrogen-bond donors (Lipinski definition) is 0. The van der Waals surface area contributed by atoms with Crippen molar-refractivity contribution in [1.29, 1.82) is 0 Å². The molecule has 0 radical (unpaired) electrons. The Balaban J connectivity index is 1.98. The van der Waals surface area contributed by atoms with E-state index in [4.69, 9.17) is 4.74 Å². The van der Waals surface area contributed by atoms with E-state index in [0.717, 1.165) is 11.8 Å². The second-order valence-corrected chi connectivity index (χ2v) is 9.83. The lowest BCUT2D eigenvalue weighted by molar-refractivity contribution is -0.215. The number of hydrogen-bond acceptors (Lipinski definition) is 1. The van der Waals surface area contributed by atoms with Gasteiger partial charge in [-0.2, -0.15) is 0 Å². The average Bonchev–Trinajstić information content (AvgIpc) is 2.46. The molecule has 5 atom stereocenters. The summed E-state index contributed by atoms with van der Waals surface area (Å²) in [6, 6.07) is 0. The van der Waals surface area contributed by atoms with Crippen LogP contribution in [0, 0.1) is 28.1 Å². The maximum absolute atomic E-state index is 6.31. The Labute approximate surface area is 137 Å². The molecule has 0 saturated heterocycles. The minimum atomic E-state index is 0.0971. The molecule has 3 saturated carbocycles. The third kappa shape index (κ3) is 2.22. The van der Waals surface area contributed by atoms with Crippen molar-refractivity contribution in [3.05, 3.63) is 12.7 Å². The predicted molar refractivity (Wildman–Crippen MR) is 93.8 cm³/mol. The number of methoxy groups -OCH3 is 1. The minimum absolute atomic E-state index is 0.0971. The molecule has 0 bridgehead atoms. The van der Waals surface area contributed by atoms with Crippen LogP contribution in [0.1, 0.15) is 79.1 Å². The van der Waals surface area contributed by atoms with Crippen molar-refractivity contribution >= 4 is 0 Å². The number of allylic oxidation sites excluding steroid dienone is 1. The van der Waals surface area contributed by atoms with Crippen LogP contribution in [0.25, 0.3) is 0 Å². The third-order valence-corrected chi connectivity index (χ3v) is 8.17. The molecule has 0 N–H and O–H groups in total. The predicted octanol–water partition coefficient (Wildman–Crippen LogP) is 5.99. The van der Waals surface area contributed by atoms with Crippen LogP contribution in [-0.4, -0.2) is 12.7 Å².